The Bertz CT molecular complexity index is 441. The average Bonchev–Trinajstić information content (AvgIpc) is 2.97. The van der Waals surface area contributed by atoms with E-state index in [1.165, 1.54) is 0 Å². The molecule has 0 radical (unpaired) electrons. The fraction of sp³-hybridized carbons (Fsp3) is 0.667. The van der Waals surface area contributed by atoms with Crippen LogP contribution in [0.1, 0.15) is 43.3 Å². The predicted molar refractivity (Wildman–Crippen MR) is 64.3 cm³/mol. The first-order valence-electron chi connectivity index (χ1n) is 6.06. The van der Waals surface area contributed by atoms with Crippen LogP contribution in [0.25, 0.3) is 0 Å². The van der Waals surface area contributed by atoms with Gasteiger partial charge in [-0.2, -0.15) is 0 Å². The lowest BCUT2D eigenvalue weighted by molar-refractivity contribution is 0.109. The maximum absolute atomic E-state index is 5.54. The highest BCUT2D eigenvalue weighted by molar-refractivity contribution is 5.47. The average molecular weight is 234 g/mol. The van der Waals surface area contributed by atoms with E-state index in [-0.39, 0.29) is 0 Å². The molecule has 1 unspecified atom stereocenters. The fourth-order valence-corrected chi connectivity index (χ4v) is 2.43. The summed E-state index contributed by atoms with van der Waals surface area (Å²) in [5.41, 5.74) is 5.12. The summed E-state index contributed by atoms with van der Waals surface area (Å²) in [7, 11) is 0. The Morgan fingerprint density at radius 1 is 1.41 bits per heavy atom. The molecule has 1 aliphatic carbocycles. The molecule has 2 aliphatic rings. The zero-order valence-corrected chi connectivity index (χ0v) is 10.3. The van der Waals surface area contributed by atoms with Gasteiger partial charge < -0.3 is 10.2 Å². The molecule has 1 fully saturated rings. The molecule has 3 rings (SSSR count). The zero-order valence-electron chi connectivity index (χ0n) is 10.3. The van der Waals surface area contributed by atoms with E-state index in [2.05, 4.69) is 24.3 Å². The van der Waals surface area contributed by atoms with Crippen molar-refractivity contribution in [1.82, 2.24) is 9.97 Å². The Hall–Kier alpha value is -1.20. The summed E-state index contributed by atoms with van der Waals surface area (Å²) in [5.74, 6) is 7.67. The maximum Gasteiger partial charge on any atom is 0.149 e. The van der Waals surface area contributed by atoms with E-state index in [9.17, 15) is 0 Å². The van der Waals surface area contributed by atoms with Gasteiger partial charge in [-0.25, -0.2) is 15.8 Å². The molecule has 0 spiro atoms. The van der Waals surface area contributed by atoms with Gasteiger partial charge in [0.2, 0.25) is 0 Å². The van der Waals surface area contributed by atoms with Crippen molar-refractivity contribution in [3.8, 4) is 0 Å². The standard InChI is InChI=1S/C12H18N4O/c1-12(2)5-8(12)11-14-9-3-4-17-6-7(9)10(15-11)16-13/h8H,3-6,13H2,1-2H3,(H,14,15,16). The van der Waals surface area contributed by atoms with Gasteiger partial charge in [0.25, 0.3) is 0 Å². The molecule has 1 saturated carbocycles. The third-order valence-electron chi connectivity index (χ3n) is 3.80. The largest absolute Gasteiger partial charge is 0.376 e. The zero-order chi connectivity index (χ0) is 12.0. The quantitative estimate of drug-likeness (QED) is 0.597. The molecule has 2 heterocycles. The van der Waals surface area contributed by atoms with Gasteiger partial charge in [0.1, 0.15) is 11.6 Å². The molecular weight excluding hydrogens is 216 g/mol. The molecule has 0 aromatic carbocycles. The molecule has 1 aromatic rings. The first kappa shape index (κ1) is 10.9. The Labute approximate surface area is 101 Å². The van der Waals surface area contributed by atoms with E-state index < -0.39 is 0 Å². The molecule has 0 amide bonds. The number of ether oxygens (including phenoxy) is 1. The normalized spacial score (nSPS) is 25.2. The number of nitrogens with one attached hydrogen (secondary N) is 1. The van der Waals surface area contributed by atoms with Crippen LogP contribution >= 0.6 is 0 Å². The number of nitrogens with zero attached hydrogens (tertiary/aromatic N) is 2. The van der Waals surface area contributed by atoms with Crippen LogP contribution < -0.4 is 11.3 Å². The number of hydrogen-bond acceptors (Lipinski definition) is 5. The summed E-state index contributed by atoms with van der Waals surface area (Å²) in [5, 5.41) is 0. The maximum atomic E-state index is 5.54. The second kappa shape index (κ2) is 3.65. The smallest absolute Gasteiger partial charge is 0.149 e. The highest BCUT2D eigenvalue weighted by Crippen LogP contribution is 2.57. The summed E-state index contributed by atoms with van der Waals surface area (Å²) >= 11 is 0. The molecule has 1 aliphatic heterocycles. The van der Waals surface area contributed by atoms with Crippen molar-refractivity contribution in [2.24, 2.45) is 11.3 Å². The Morgan fingerprint density at radius 2 is 2.18 bits per heavy atom. The second-order valence-electron chi connectivity index (χ2n) is 5.55. The number of hydrogen-bond donors (Lipinski definition) is 2. The summed E-state index contributed by atoms with van der Waals surface area (Å²) in [4.78, 5) is 9.23. The summed E-state index contributed by atoms with van der Waals surface area (Å²) in [6.45, 7) is 5.79. The van der Waals surface area contributed by atoms with Crippen LogP contribution in [0.2, 0.25) is 0 Å². The van der Waals surface area contributed by atoms with Gasteiger partial charge in [0.05, 0.1) is 18.9 Å². The van der Waals surface area contributed by atoms with E-state index in [0.29, 0.717) is 17.9 Å². The van der Waals surface area contributed by atoms with E-state index in [1.807, 2.05) is 0 Å². The summed E-state index contributed by atoms with van der Waals surface area (Å²) < 4.78 is 5.42. The van der Waals surface area contributed by atoms with E-state index in [1.54, 1.807) is 0 Å². The first-order valence-corrected chi connectivity index (χ1v) is 6.06. The van der Waals surface area contributed by atoms with Crippen molar-refractivity contribution in [2.45, 2.75) is 39.2 Å². The molecule has 0 saturated heterocycles. The summed E-state index contributed by atoms with van der Waals surface area (Å²) in [6, 6.07) is 0. The van der Waals surface area contributed by atoms with Crippen molar-refractivity contribution in [3.05, 3.63) is 17.1 Å². The lowest BCUT2D eigenvalue weighted by atomic mass is 10.1. The topological polar surface area (TPSA) is 73.1 Å². The molecular formula is C12H18N4O. The third-order valence-corrected chi connectivity index (χ3v) is 3.80. The molecule has 1 aromatic heterocycles. The van der Waals surface area contributed by atoms with Crippen LogP contribution in [0.4, 0.5) is 5.82 Å². The molecule has 5 nitrogen and oxygen atoms in total. The van der Waals surface area contributed by atoms with Crippen LogP contribution in [-0.4, -0.2) is 16.6 Å². The number of hydrazine groups is 1. The van der Waals surface area contributed by atoms with Crippen molar-refractivity contribution in [3.63, 3.8) is 0 Å². The fourth-order valence-electron chi connectivity index (χ4n) is 2.43. The molecule has 92 valence electrons. The number of nitrogens with two attached hydrogens (primary N) is 1. The number of fused-ring (bicyclic) bond motifs is 1. The first-order chi connectivity index (χ1) is 8.12. The predicted octanol–water partition coefficient (Wildman–Crippen LogP) is 1.35. The number of rotatable bonds is 2. The highest BCUT2D eigenvalue weighted by atomic mass is 16.5. The molecule has 1 atom stereocenters. The van der Waals surface area contributed by atoms with Gasteiger partial charge in [0.15, 0.2) is 0 Å². The van der Waals surface area contributed by atoms with Gasteiger partial charge >= 0.3 is 0 Å². The number of nitrogen functional groups attached to an aromatic ring is 1. The third kappa shape index (κ3) is 1.79. The van der Waals surface area contributed by atoms with Crippen molar-refractivity contribution in [1.29, 1.82) is 0 Å². The van der Waals surface area contributed by atoms with E-state index in [4.69, 9.17) is 15.6 Å². The van der Waals surface area contributed by atoms with E-state index >= 15 is 0 Å². The molecule has 0 bridgehead atoms. The lowest BCUT2D eigenvalue weighted by Crippen LogP contribution is -2.20. The van der Waals surface area contributed by atoms with Gasteiger partial charge in [-0.3, -0.25) is 0 Å². The molecule has 5 heteroatoms. The van der Waals surface area contributed by atoms with Crippen molar-refractivity contribution >= 4 is 5.82 Å². The SMILES string of the molecule is CC1(C)CC1c1nc2c(c(NN)n1)COCC2. The van der Waals surface area contributed by atoms with Crippen molar-refractivity contribution in [2.75, 3.05) is 12.0 Å². The second-order valence-corrected chi connectivity index (χ2v) is 5.55. The van der Waals surface area contributed by atoms with Crippen LogP contribution in [0.5, 0.6) is 0 Å². The Morgan fingerprint density at radius 3 is 2.82 bits per heavy atom. The molecule has 17 heavy (non-hydrogen) atoms. The molecule has 3 N–H and O–H groups in total. The number of anilines is 1. The van der Waals surface area contributed by atoms with Gasteiger partial charge in [-0.15, -0.1) is 0 Å². The van der Waals surface area contributed by atoms with Crippen LogP contribution in [-0.2, 0) is 17.8 Å². The minimum absolute atomic E-state index is 0.339. The lowest BCUT2D eigenvalue weighted by Gasteiger charge is -2.19. The van der Waals surface area contributed by atoms with Crippen molar-refractivity contribution < 1.29 is 4.74 Å². The van der Waals surface area contributed by atoms with E-state index in [0.717, 1.165) is 42.3 Å². The minimum atomic E-state index is 0.339. The van der Waals surface area contributed by atoms with Crippen LogP contribution in [0.15, 0.2) is 0 Å². The number of aromatic nitrogens is 2. The van der Waals surface area contributed by atoms with Gasteiger partial charge in [-0.1, -0.05) is 13.8 Å². The summed E-state index contributed by atoms with van der Waals surface area (Å²) in [6.07, 6.45) is 2.01. The van der Waals surface area contributed by atoms with Gasteiger partial charge in [0, 0.05) is 17.9 Å². The van der Waals surface area contributed by atoms with Crippen LogP contribution in [0, 0.1) is 5.41 Å². The monoisotopic (exact) mass is 234 g/mol. The van der Waals surface area contributed by atoms with Gasteiger partial charge in [-0.05, 0) is 11.8 Å². The van der Waals surface area contributed by atoms with Crippen LogP contribution in [0.3, 0.4) is 0 Å². The minimum Gasteiger partial charge on any atom is -0.376 e. The Balaban J connectivity index is 2.01. The Kier molecular flexibility index (Phi) is 2.34. The highest BCUT2D eigenvalue weighted by Gasteiger charge is 2.49.